The van der Waals surface area contributed by atoms with E-state index in [1.807, 2.05) is 12.1 Å². The lowest BCUT2D eigenvalue weighted by Crippen LogP contribution is -2.34. The van der Waals surface area contributed by atoms with E-state index in [4.69, 9.17) is 0 Å². The molecule has 2 aliphatic rings. The standard InChI is InChI=1S/C18H24N2O/c1-4-7-14-17-15(10-18(2,3)11-16(17)21)20-13-9-6-5-8-12(13)19-14/h5-6,8-9,14,19-20H,4,7,10-11H2,1-3H3/t14-/m0/s1. The number of allylic oxidation sites excluding steroid dienone is 1. The van der Waals surface area contributed by atoms with Crippen LogP contribution in [0.3, 0.4) is 0 Å². The lowest BCUT2D eigenvalue weighted by Gasteiger charge is -2.34. The minimum atomic E-state index is 0.0406. The van der Waals surface area contributed by atoms with Gasteiger partial charge in [0.2, 0.25) is 0 Å². The summed E-state index contributed by atoms with van der Waals surface area (Å²) in [5.74, 6) is 0.299. The zero-order chi connectivity index (χ0) is 15.0. The van der Waals surface area contributed by atoms with E-state index in [9.17, 15) is 4.79 Å². The molecule has 3 nitrogen and oxygen atoms in total. The third-order valence-electron chi connectivity index (χ3n) is 4.39. The molecule has 0 spiro atoms. The summed E-state index contributed by atoms with van der Waals surface area (Å²) in [6.45, 7) is 6.52. The van der Waals surface area contributed by atoms with Crippen LogP contribution in [0.25, 0.3) is 0 Å². The van der Waals surface area contributed by atoms with Crippen LogP contribution in [0.4, 0.5) is 11.4 Å². The molecule has 21 heavy (non-hydrogen) atoms. The van der Waals surface area contributed by atoms with Crippen molar-refractivity contribution >= 4 is 17.2 Å². The highest BCUT2D eigenvalue weighted by Gasteiger charge is 2.37. The van der Waals surface area contributed by atoms with E-state index in [0.717, 1.165) is 41.9 Å². The van der Waals surface area contributed by atoms with Crippen molar-refractivity contribution in [1.82, 2.24) is 0 Å². The van der Waals surface area contributed by atoms with Crippen molar-refractivity contribution in [3.63, 3.8) is 0 Å². The first-order valence-corrected chi connectivity index (χ1v) is 7.89. The van der Waals surface area contributed by atoms with Crippen molar-refractivity contribution in [3.8, 4) is 0 Å². The number of rotatable bonds is 2. The average Bonchev–Trinajstić information content (AvgIpc) is 2.53. The second-order valence-corrected chi connectivity index (χ2v) is 6.99. The molecule has 0 amide bonds. The first kappa shape index (κ1) is 14.2. The predicted octanol–water partition coefficient (Wildman–Crippen LogP) is 4.34. The van der Waals surface area contributed by atoms with Gasteiger partial charge in [0.25, 0.3) is 0 Å². The third kappa shape index (κ3) is 2.69. The second-order valence-electron chi connectivity index (χ2n) is 6.99. The van der Waals surface area contributed by atoms with Gasteiger partial charge in [-0.25, -0.2) is 0 Å². The normalized spacial score (nSPS) is 23.6. The third-order valence-corrected chi connectivity index (χ3v) is 4.39. The molecular weight excluding hydrogens is 260 g/mol. The van der Waals surface area contributed by atoms with E-state index < -0.39 is 0 Å². The summed E-state index contributed by atoms with van der Waals surface area (Å²) in [7, 11) is 0. The molecule has 0 saturated carbocycles. The van der Waals surface area contributed by atoms with Crippen LogP contribution >= 0.6 is 0 Å². The smallest absolute Gasteiger partial charge is 0.163 e. The molecule has 1 aliphatic heterocycles. The quantitative estimate of drug-likeness (QED) is 0.849. The van der Waals surface area contributed by atoms with Crippen LogP contribution < -0.4 is 10.6 Å². The van der Waals surface area contributed by atoms with Crippen molar-refractivity contribution in [2.45, 2.75) is 52.5 Å². The highest BCUT2D eigenvalue weighted by molar-refractivity contribution is 6.00. The molecule has 0 aromatic heterocycles. The molecule has 1 atom stereocenters. The van der Waals surface area contributed by atoms with E-state index in [0.29, 0.717) is 12.2 Å². The summed E-state index contributed by atoms with van der Waals surface area (Å²) in [4.78, 5) is 12.7. The Morgan fingerprint density at radius 2 is 1.90 bits per heavy atom. The molecule has 0 unspecified atom stereocenters. The number of carbonyl (C=O) groups is 1. The molecular formula is C18H24N2O. The number of carbonyl (C=O) groups excluding carboxylic acids is 1. The maximum atomic E-state index is 12.7. The largest absolute Gasteiger partial charge is 0.376 e. The zero-order valence-corrected chi connectivity index (χ0v) is 13.1. The number of hydrogen-bond acceptors (Lipinski definition) is 3. The Morgan fingerprint density at radius 3 is 2.62 bits per heavy atom. The van der Waals surface area contributed by atoms with Crippen molar-refractivity contribution in [2.75, 3.05) is 10.6 Å². The number of para-hydroxylation sites is 2. The summed E-state index contributed by atoms with van der Waals surface area (Å²) >= 11 is 0. The van der Waals surface area contributed by atoms with Gasteiger partial charge in [0.1, 0.15) is 0 Å². The van der Waals surface area contributed by atoms with Crippen LogP contribution in [-0.2, 0) is 4.79 Å². The summed E-state index contributed by atoms with van der Waals surface area (Å²) in [6.07, 6.45) is 3.63. The molecule has 0 bridgehead atoms. The number of Topliss-reactive ketones (excluding diaryl/α,β-unsaturated/α-hetero) is 1. The highest BCUT2D eigenvalue weighted by Crippen LogP contribution is 2.42. The SMILES string of the molecule is CCC[C@@H]1Nc2ccccc2NC2=C1C(=O)CC(C)(C)C2. The van der Waals surface area contributed by atoms with Crippen LogP contribution in [0.5, 0.6) is 0 Å². The van der Waals surface area contributed by atoms with Gasteiger partial charge in [-0.15, -0.1) is 0 Å². The Labute approximate surface area is 126 Å². The summed E-state index contributed by atoms with van der Waals surface area (Å²) < 4.78 is 0. The molecule has 1 aromatic carbocycles. The molecule has 0 fully saturated rings. The minimum Gasteiger partial charge on any atom is -0.376 e. The van der Waals surface area contributed by atoms with Gasteiger partial charge in [-0.3, -0.25) is 4.79 Å². The Balaban J connectivity index is 2.07. The van der Waals surface area contributed by atoms with Gasteiger partial charge in [0.05, 0.1) is 17.4 Å². The fraction of sp³-hybridized carbons (Fsp3) is 0.500. The van der Waals surface area contributed by atoms with Crippen LogP contribution in [-0.4, -0.2) is 11.8 Å². The topological polar surface area (TPSA) is 41.1 Å². The van der Waals surface area contributed by atoms with Crippen LogP contribution in [0.15, 0.2) is 35.5 Å². The zero-order valence-electron chi connectivity index (χ0n) is 13.1. The molecule has 3 heteroatoms. The number of ketones is 1. The van der Waals surface area contributed by atoms with Crippen LogP contribution in [0.2, 0.25) is 0 Å². The Bertz CT molecular complexity index is 601. The molecule has 0 radical (unpaired) electrons. The predicted molar refractivity (Wildman–Crippen MR) is 87.4 cm³/mol. The van der Waals surface area contributed by atoms with E-state index in [1.54, 1.807) is 0 Å². The molecule has 1 heterocycles. The van der Waals surface area contributed by atoms with Gasteiger partial charge >= 0.3 is 0 Å². The van der Waals surface area contributed by atoms with Crippen LogP contribution in [0, 0.1) is 5.41 Å². The van der Waals surface area contributed by atoms with Gasteiger partial charge in [0, 0.05) is 17.7 Å². The van der Waals surface area contributed by atoms with Crippen molar-refractivity contribution in [3.05, 3.63) is 35.5 Å². The minimum absolute atomic E-state index is 0.0406. The maximum Gasteiger partial charge on any atom is 0.163 e. The van der Waals surface area contributed by atoms with Gasteiger partial charge < -0.3 is 10.6 Å². The molecule has 1 aromatic rings. The summed E-state index contributed by atoms with van der Waals surface area (Å²) in [5.41, 5.74) is 4.31. The van der Waals surface area contributed by atoms with Crippen LogP contribution in [0.1, 0.15) is 46.5 Å². The number of nitrogens with one attached hydrogen (secondary N) is 2. The monoisotopic (exact) mass is 284 g/mol. The first-order valence-electron chi connectivity index (χ1n) is 7.89. The molecule has 3 rings (SSSR count). The number of hydrogen-bond donors (Lipinski definition) is 2. The van der Waals surface area contributed by atoms with E-state index in [2.05, 4.69) is 43.5 Å². The van der Waals surface area contributed by atoms with Gasteiger partial charge in [-0.2, -0.15) is 0 Å². The van der Waals surface area contributed by atoms with Crippen molar-refractivity contribution < 1.29 is 4.79 Å². The average molecular weight is 284 g/mol. The summed E-state index contributed by atoms with van der Waals surface area (Å²) in [6, 6.07) is 8.35. The number of anilines is 2. The van der Waals surface area contributed by atoms with E-state index in [-0.39, 0.29) is 11.5 Å². The van der Waals surface area contributed by atoms with E-state index >= 15 is 0 Å². The number of benzene rings is 1. The second kappa shape index (κ2) is 5.21. The lowest BCUT2D eigenvalue weighted by molar-refractivity contribution is -0.118. The van der Waals surface area contributed by atoms with E-state index in [1.165, 1.54) is 0 Å². The fourth-order valence-electron chi connectivity index (χ4n) is 3.50. The maximum absolute atomic E-state index is 12.7. The molecule has 1 aliphatic carbocycles. The molecule has 0 saturated heterocycles. The first-order chi connectivity index (χ1) is 10.00. The summed E-state index contributed by atoms with van der Waals surface area (Å²) in [5, 5.41) is 7.11. The van der Waals surface area contributed by atoms with Gasteiger partial charge in [0.15, 0.2) is 5.78 Å². The fourth-order valence-corrected chi connectivity index (χ4v) is 3.50. The lowest BCUT2D eigenvalue weighted by atomic mass is 9.74. The Morgan fingerprint density at radius 1 is 1.19 bits per heavy atom. The highest BCUT2D eigenvalue weighted by atomic mass is 16.1. The Kier molecular flexibility index (Phi) is 3.52. The molecule has 112 valence electrons. The number of fused-ring (bicyclic) bond motifs is 1. The molecule has 2 N–H and O–H groups in total. The Hall–Kier alpha value is -1.77. The van der Waals surface area contributed by atoms with Crippen molar-refractivity contribution in [1.29, 1.82) is 0 Å². The van der Waals surface area contributed by atoms with Gasteiger partial charge in [-0.05, 0) is 30.4 Å². The van der Waals surface area contributed by atoms with Gasteiger partial charge in [-0.1, -0.05) is 39.3 Å². The van der Waals surface area contributed by atoms with Crippen molar-refractivity contribution in [2.24, 2.45) is 5.41 Å².